The molecule has 0 aliphatic rings. The molecule has 32 heavy (non-hydrogen) atoms. The van der Waals surface area contributed by atoms with Gasteiger partial charge in [-0.15, -0.1) is 11.3 Å². The molecule has 3 rings (SSSR count). The van der Waals surface area contributed by atoms with Crippen LogP contribution in [0, 0.1) is 10.1 Å². The molecule has 9 nitrogen and oxygen atoms in total. The van der Waals surface area contributed by atoms with Gasteiger partial charge in [0, 0.05) is 29.4 Å². The van der Waals surface area contributed by atoms with Crippen molar-refractivity contribution in [3.8, 4) is 0 Å². The number of ether oxygens (including phenoxy) is 1. The van der Waals surface area contributed by atoms with Gasteiger partial charge in [0.25, 0.3) is 17.5 Å². The number of halogens is 1. The first-order valence-electron chi connectivity index (χ1n) is 9.15. The highest BCUT2D eigenvalue weighted by Gasteiger charge is 2.20. The van der Waals surface area contributed by atoms with E-state index in [4.69, 9.17) is 16.3 Å². The van der Waals surface area contributed by atoms with Gasteiger partial charge in [-0.1, -0.05) is 35.9 Å². The number of thiophene rings is 1. The molecule has 0 fully saturated rings. The summed E-state index contributed by atoms with van der Waals surface area (Å²) in [7, 11) is 0. The average molecular weight is 474 g/mol. The van der Waals surface area contributed by atoms with Crippen LogP contribution in [0.5, 0.6) is 0 Å². The van der Waals surface area contributed by atoms with Crippen molar-refractivity contribution in [3.63, 3.8) is 0 Å². The number of non-ortho nitro benzene ring substituents is 1. The summed E-state index contributed by atoms with van der Waals surface area (Å²) in [4.78, 5) is 47.2. The van der Waals surface area contributed by atoms with Crippen molar-refractivity contribution in [2.24, 2.45) is 0 Å². The Morgan fingerprint density at radius 1 is 1.09 bits per heavy atom. The molecule has 164 valence electrons. The van der Waals surface area contributed by atoms with Crippen LogP contribution in [-0.4, -0.2) is 29.3 Å². The fourth-order valence-corrected chi connectivity index (χ4v) is 3.46. The van der Waals surface area contributed by atoms with E-state index in [1.54, 1.807) is 41.8 Å². The summed E-state index contributed by atoms with van der Waals surface area (Å²) in [6.45, 7) is -0.490. The molecule has 0 saturated heterocycles. The third kappa shape index (κ3) is 5.90. The maximum atomic E-state index is 12.6. The van der Waals surface area contributed by atoms with Crippen molar-refractivity contribution in [1.29, 1.82) is 0 Å². The Kier molecular flexibility index (Phi) is 7.53. The van der Waals surface area contributed by atoms with Crippen LogP contribution in [-0.2, 0) is 16.1 Å². The molecule has 11 heteroatoms. The average Bonchev–Trinajstić information content (AvgIpc) is 3.32. The van der Waals surface area contributed by atoms with E-state index in [9.17, 15) is 24.5 Å². The number of imide groups is 1. The Hall–Kier alpha value is -3.76. The second-order valence-electron chi connectivity index (χ2n) is 6.36. The topological polar surface area (TPSA) is 128 Å². The molecule has 2 amide bonds. The summed E-state index contributed by atoms with van der Waals surface area (Å²) in [6, 6.07) is 13.9. The lowest BCUT2D eigenvalue weighted by atomic mass is 10.1. The van der Waals surface area contributed by atoms with Gasteiger partial charge < -0.3 is 10.1 Å². The number of esters is 1. The smallest absolute Gasteiger partial charge is 0.341 e. The number of anilines is 1. The molecule has 0 aliphatic heterocycles. The van der Waals surface area contributed by atoms with Gasteiger partial charge in [-0.2, -0.15) is 0 Å². The zero-order chi connectivity index (χ0) is 23.1. The van der Waals surface area contributed by atoms with Gasteiger partial charge in [0.05, 0.1) is 15.4 Å². The minimum atomic E-state index is -0.964. The first-order chi connectivity index (χ1) is 15.3. The molecule has 0 radical (unpaired) electrons. The number of nitrogens with zero attached hydrogens (tertiary/aromatic N) is 1. The highest BCUT2D eigenvalue weighted by atomic mass is 35.5. The Bertz CT molecular complexity index is 1170. The molecule has 0 bridgehead atoms. The number of nitro benzene ring substituents is 1. The summed E-state index contributed by atoms with van der Waals surface area (Å²) in [5.74, 6) is -2.40. The third-order valence-corrected chi connectivity index (χ3v) is 5.43. The third-order valence-electron chi connectivity index (χ3n) is 4.19. The molecule has 0 atom stereocenters. The van der Waals surface area contributed by atoms with Crippen molar-refractivity contribution in [3.05, 3.63) is 91.1 Å². The van der Waals surface area contributed by atoms with E-state index in [2.05, 4.69) is 10.6 Å². The number of nitrogens with one attached hydrogen (secondary N) is 2. The SMILES string of the molecule is O=C(COC(=O)c1cc([N+](=O)[O-])ccc1NCc1ccccc1Cl)NC(=O)c1cccs1. The lowest BCUT2D eigenvalue weighted by molar-refractivity contribution is -0.384. The van der Waals surface area contributed by atoms with Gasteiger partial charge in [-0.05, 0) is 29.1 Å². The minimum Gasteiger partial charge on any atom is -0.452 e. The van der Waals surface area contributed by atoms with Crippen LogP contribution >= 0.6 is 22.9 Å². The molecule has 1 heterocycles. The first-order valence-corrected chi connectivity index (χ1v) is 10.4. The zero-order valence-corrected chi connectivity index (χ0v) is 17.9. The van der Waals surface area contributed by atoms with Crippen LogP contribution in [0.15, 0.2) is 60.0 Å². The number of hydrogen-bond acceptors (Lipinski definition) is 8. The Balaban J connectivity index is 1.69. The molecule has 0 aliphatic carbocycles. The lowest BCUT2D eigenvalue weighted by Gasteiger charge is -2.12. The molecule has 2 N–H and O–H groups in total. The number of rotatable bonds is 8. The molecule has 1 aromatic heterocycles. The summed E-state index contributed by atoms with van der Waals surface area (Å²) in [5.41, 5.74) is 0.551. The predicted molar refractivity (Wildman–Crippen MR) is 119 cm³/mol. The molecule has 0 unspecified atom stereocenters. The van der Waals surface area contributed by atoms with Gasteiger partial charge in [-0.3, -0.25) is 25.0 Å². The summed E-state index contributed by atoms with van der Waals surface area (Å²) < 4.78 is 4.97. The van der Waals surface area contributed by atoms with E-state index in [0.717, 1.165) is 23.0 Å². The van der Waals surface area contributed by atoms with Crippen molar-refractivity contribution in [2.45, 2.75) is 6.54 Å². The number of nitro groups is 1. The number of hydrogen-bond donors (Lipinski definition) is 2. The van der Waals surface area contributed by atoms with Gasteiger partial charge in [0.2, 0.25) is 0 Å². The van der Waals surface area contributed by atoms with Crippen molar-refractivity contribution >= 4 is 52.1 Å². The van der Waals surface area contributed by atoms with Crippen LogP contribution in [0.1, 0.15) is 25.6 Å². The van der Waals surface area contributed by atoms with Crippen LogP contribution in [0.25, 0.3) is 0 Å². The highest BCUT2D eigenvalue weighted by molar-refractivity contribution is 7.12. The monoisotopic (exact) mass is 473 g/mol. The fraction of sp³-hybridized carbons (Fsp3) is 0.0952. The van der Waals surface area contributed by atoms with E-state index >= 15 is 0 Å². The Morgan fingerprint density at radius 2 is 1.88 bits per heavy atom. The zero-order valence-electron chi connectivity index (χ0n) is 16.4. The molecule has 0 saturated carbocycles. The summed E-state index contributed by atoms with van der Waals surface area (Å²) in [5, 5.41) is 18.4. The first kappa shape index (κ1) is 22.9. The van der Waals surface area contributed by atoms with E-state index < -0.39 is 29.3 Å². The largest absolute Gasteiger partial charge is 0.452 e. The second kappa shape index (κ2) is 10.5. The Morgan fingerprint density at radius 3 is 2.56 bits per heavy atom. The summed E-state index contributed by atoms with van der Waals surface area (Å²) in [6.07, 6.45) is 0. The number of carbonyl (C=O) groups is 3. The van der Waals surface area contributed by atoms with Gasteiger partial charge >= 0.3 is 5.97 Å². The van der Waals surface area contributed by atoms with E-state index in [-0.39, 0.29) is 23.5 Å². The van der Waals surface area contributed by atoms with Gasteiger partial charge in [-0.25, -0.2) is 4.79 Å². The van der Waals surface area contributed by atoms with Crippen LogP contribution < -0.4 is 10.6 Å². The van der Waals surface area contributed by atoms with E-state index in [1.807, 2.05) is 0 Å². The van der Waals surface area contributed by atoms with E-state index in [0.29, 0.717) is 9.90 Å². The van der Waals surface area contributed by atoms with E-state index in [1.165, 1.54) is 12.1 Å². The van der Waals surface area contributed by atoms with Crippen molar-refractivity contribution in [2.75, 3.05) is 11.9 Å². The standard InChI is InChI=1S/C21H16ClN3O6S/c22-16-5-2-1-4-13(16)11-23-17-8-7-14(25(29)30)10-15(17)21(28)31-12-19(26)24-20(27)18-6-3-9-32-18/h1-10,23H,11-12H2,(H,24,26,27). The molecule has 3 aromatic rings. The number of benzene rings is 2. The maximum Gasteiger partial charge on any atom is 0.341 e. The van der Waals surface area contributed by atoms with Crippen molar-refractivity contribution < 1.29 is 24.0 Å². The van der Waals surface area contributed by atoms with Crippen LogP contribution in [0.2, 0.25) is 5.02 Å². The predicted octanol–water partition coefficient (Wildman–Crippen LogP) is 4.04. The van der Waals surface area contributed by atoms with Gasteiger partial charge in [0.1, 0.15) is 0 Å². The minimum absolute atomic E-state index is 0.136. The van der Waals surface area contributed by atoms with Crippen LogP contribution in [0.3, 0.4) is 0 Å². The molecule has 2 aromatic carbocycles. The summed E-state index contributed by atoms with van der Waals surface area (Å²) >= 11 is 7.28. The normalized spacial score (nSPS) is 10.3. The Labute approximate surface area is 191 Å². The van der Waals surface area contributed by atoms with Crippen molar-refractivity contribution in [1.82, 2.24) is 5.32 Å². The van der Waals surface area contributed by atoms with Gasteiger partial charge in [0.15, 0.2) is 6.61 Å². The molecule has 0 spiro atoms. The number of amides is 2. The quantitative estimate of drug-likeness (QED) is 0.287. The lowest BCUT2D eigenvalue weighted by Crippen LogP contribution is -2.33. The van der Waals surface area contributed by atoms with Crippen LogP contribution in [0.4, 0.5) is 11.4 Å². The highest BCUT2D eigenvalue weighted by Crippen LogP contribution is 2.25. The molecular weight excluding hydrogens is 458 g/mol. The second-order valence-corrected chi connectivity index (χ2v) is 7.72. The fourth-order valence-electron chi connectivity index (χ4n) is 2.64. The maximum absolute atomic E-state index is 12.6. The molecular formula is C21H16ClN3O6S. The number of carbonyl (C=O) groups excluding carboxylic acids is 3.